The normalized spacial score (nSPS) is 21.9. The first kappa shape index (κ1) is 6.80. The summed E-state index contributed by atoms with van der Waals surface area (Å²) >= 11 is 0. The molecule has 0 fully saturated rings. The van der Waals surface area contributed by atoms with Crippen molar-refractivity contribution in [3.63, 3.8) is 0 Å². The predicted molar refractivity (Wildman–Crippen MR) is 36.6 cm³/mol. The predicted octanol–water partition coefficient (Wildman–Crippen LogP) is -0.327. The van der Waals surface area contributed by atoms with E-state index in [0.29, 0.717) is 0 Å². The van der Waals surface area contributed by atoms with Crippen molar-refractivity contribution >= 4 is 12.3 Å². The van der Waals surface area contributed by atoms with Crippen molar-refractivity contribution < 1.29 is 9.53 Å². The number of nitrogens with zero attached hydrogens (tertiary/aromatic N) is 1. The van der Waals surface area contributed by atoms with Gasteiger partial charge < -0.3 is 10.1 Å². The summed E-state index contributed by atoms with van der Waals surface area (Å²) in [6.07, 6.45) is 4.74. The summed E-state index contributed by atoms with van der Waals surface area (Å²) in [7, 11) is 1.34. The van der Waals surface area contributed by atoms with Crippen molar-refractivity contribution in [2.45, 2.75) is 6.04 Å². The second-order valence-corrected chi connectivity index (χ2v) is 1.77. The number of hydrogen-bond donors (Lipinski definition) is 1. The highest BCUT2D eigenvalue weighted by molar-refractivity contribution is 5.80. The molecule has 0 saturated carbocycles. The van der Waals surface area contributed by atoms with Gasteiger partial charge in [-0.25, -0.2) is 4.79 Å². The Hall–Kier alpha value is -1.32. The highest BCUT2D eigenvalue weighted by Crippen LogP contribution is 1.97. The van der Waals surface area contributed by atoms with Crippen molar-refractivity contribution in [2.24, 2.45) is 4.99 Å². The quantitative estimate of drug-likeness (QED) is 0.507. The molecule has 1 rings (SSSR count). The van der Waals surface area contributed by atoms with Crippen LogP contribution in [0.4, 0.5) is 0 Å². The lowest BCUT2D eigenvalue weighted by molar-refractivity contribution is -0.140. The largest absolute Gasteiger partial charge is 0.467 e. The summed E-state index contributed by atoms with van der Waals surface area (Å²) in [6, 6.07) is -0.466. The van der Waals surface area contributed by atoms with Crippen LogP contribution in [0.5, 0.6) is 0 Å². The molecule has 4 nitrogen and oxygen atoms in total. The number of methoxy groups -OCH3 is 1. The molecule has 54 valence electrons. The maximum Gasteiger partial charge on any atom is 0.334 e. The first-order chi connectivity index (χ1) is 4.84. The summed E-state index contributed by atoms with van der Waals surface area (Å²) in [6.45, 7) is 0. The zero-order valence-corrected chi connectivity index (χ0v) is 5.57. The summed E-state index contributed by atoms with van der Waals surface area (Å²) < 4.78 is 4.46. The van der Waals surface area contributed by atoms with Crippen molar-refractivity contribution in [1.82, 2.24) is 5.32 Å². The number of hydrogen-bond acceptors (Lipinski definition) is 4. The van der Waals surface area contributed by atoms with Crippen LogP contribution in [0.15, 0.2) is 17.3 Å². The van der Waals surface area contributed by atoms with Gasteiger partial charge in [0, 0.05) is 6.20 Å². The number of aliphatic imine (C=N–C) groups is 1. The van der Waals surface area contributed by atoms with Crippen molar-refractivity contribution in [2.75, 3.05) is 7.11 Å². The maximum atomic E-state index is 10.8. The lowest BCUT2D eigenvalue weighted by atomic mass is 10.3. The number of carbonyl (C=O) groups is 1. The van der Waals surface area contributed by atoms with Crippen LogP contribution in [-0.4, -0.2) is 25.5 Å². The molecule has 1 N–H and O–H groups in total. The Balaban J connectivity index is 2.55. The van der Waals surface area contributed by atoms with Crippen LogP contribution in [0.1, 0.15) is 0 Å². The van der Waals surface area contributed by atoms with E-state index in [2.05, 4.69) is 15.0 Å². The monoisotopic (exact) mass is 140 g/mol. The first-order valence-electron chi connectivity index (χ1n) is 2.87. The minimum Gasteiger partial charge on any atom is -0.467 e. The molecule has 1 aliphatic heterocycles. The Morgan fingerprint density at radius 2 is 2.60 bits per heavy atom. The number of rotatable bonds is 1. The number of esters is 1. The molecule has 1 atom stereocenters. The second kappa shape index (κ2) is 3.00. The fourth-order valence-corrected chi connectivity index (χ4v) is 0.623. The summed E-state index contributed by atoms with van der Waals surface area (Å²) in [4.78, 5) is 14.6. The van der Waals surface area contributed by atoms with Gasteiger partial charge in [0.15, 0.2) is 6.04 Å². The fourth-order valence-electron chi connectivity index (χ4n) is 0.623. The van der Waals surface area contributed by atoms with E-state index in [1.165, 1.54) is 13.4 Å². The third kappa shape index (κ3) is 1.34. The van der Waals surface area contributed by atoms with Crippen molar-refractivity contribution in [3.05, 3.63) is 12.3 Å². The van der Waals surface area contributed by atoms with Gasteiger partial charge in [-0.2, -0.15) is 0 Å². The molecule has 4 heteroatoms. The third-order valence-corrected chi connectivity index (χ3v) is 1.13. The minimum atomic E-state index is -0.466. The van der Waals surface area contributed by atoms with Crippen LogP contribution in [-0.2, 0) is 9.53 Å². The molecule has 10 heavy (non-hydrogen) atoms. The highest BCUT2D eigenvalue weighted by atomic mass is 16.5. The third-order valence-electron chi connectivity index (χ3n) is 1.13. The number of carbonyl (C=O) groups excluding carboxylic acids is 1. The Morgan fingerprint density at radius 3 is 3.10 bits per heavy atom. The zero-order chi connectivity index (χ0) is 7.40. The van der Waals surface area contributed by atoms with Crippen LogP contribution < -0.4 is 5.32 Å². The molecule has 1 aliphatic rings. The molecular weight excluding hydrogens is 132 g/mol. The number of ether oxygens (including phenoxy) is 1. The van der Waals surface area contributed by atoms with E-state index < -0.39 is 6.04 Å². The van der Waals surface area contributed by atoms with Crippen LogP contribution in [0.25, 0.3) is 0 Å². The molecule has 0 amide bonds. The molecule has 0 aliphatic carbocycles. The average Bonchev–Trinajstić information content (AvgIpc) is 2.05. The van der Waals surface area contributed by atoms with Crippen LogP contribution >= 0.6 is 0 Å². The van der Waals surface area contributed by atoms with Crippen molar-refractivity contribution in [1.29, 1.82) is 0 Å². The highest BCUT2D eigenvalue weighted by Gasteiger charge is 2.14. The molecule has 0 bridgehead atoms. The van der Waals surface area contributed by atoms with Gasteiger partial charge in [0.05, 0.1) is 13.4 Å². The van der Waals surface area contributed by atoms with E-state index in [-0.39, 0.29) is 5.97 Å². The lowest BCUT2D eigenvalue weighted by Crippen LogP contribution is -2.23. The zero-order valence-electron chi connectivity index (χ0n) is 5.57. The van der Waals surface area contributed by atoms with Crippen molar-refractivity contribution in [3.8, 4) is 0 Å². The molecule has 0 aromatic rings. The topological polar surface area (TPSA) is 50.7 Å². The molecule has 0 aromatic heterocycles. The van der Waals surface area contributed by atoms with Crippen LogP contribution in [0.3, 0.4) is 0 Å². The Labute approximate surface area is 58.6 Å². The van der Waals surface area contributed by atoms with Gasteiger partial charge in [0.25, 0.3) is 0 Å². The summed E-state index contributed by atoms with van der Waals surface area (Å²) in [5, 5.41) is 2.71. The van der Waals surface area contributed by atoms with Gasteiger partial charge in [-0.3, -0.25) is 4.99 Å². The van der Waals surface area contributed by atoms with Gasteiger partial charge in [-0.05, 0) is 6.08 Å². The molecule has 0 aromatic carbocycles. The van der Waals surface area contributed by atoms with Crippen LogP contribution in [0, 0.1) is 0 Å². The van der Waals surface area contributed by atoms with Gasteiger partial charge >= 0.3 is 5.97 Å². The van der Waals surface area contributed by atoms with E-state index in [9.17, 15) is 4.79 Å². The lowest BCUT2D eigenvalue weighted by Gasteiger charge is -2.07. The molecule has 0 radical (unpaired) electrons. The fraction of sp³-hybridized carbons (Fsp3) is 0.333. The first-order valence-corrected chi connectivity index (χ1v) is 2.87. The SMILES string of the molecule is COC(=O)C1C=CNC=N1. The Morgan fingerprint density at radius 1 is 1.80 bits per heavy atom. The minimum absolute atomic E-state index is 0.339. The smallest absolute Gasteiger partial charge is 0.334 e. The van der Waals surface area contributed by atoms with E-state index in [4.69, 9.17) is 0 Å². The standard InChI is InChI=1S/C6H8N2O2/c1-10-6(9)5-2-3-7-4-8-5/h2-5H,1H3,(H,7,8). The van der Waals surface area contributed by atoms with E-state index in [0.717, 1.165) is 0 Å². The average molecular weight is 140 g/mol. The number of nitrogens with one attached hydrogen (secondary N) is 1. The van der Waals surface area contributed by atoms with Gasteiger partial charge in [-0.1, -0.05) is 0 Å². The van der Waals surface area contributed by atoms with E-state index >= 15 is 0 Å². The van der Waals surface area contributed by atoms with Gasteiger partial charge in [-0.15, -0.1) is 0 Å². The molecular formula is C6H8N2O2. The second-order valence-electron chi connectivity index (χ2n) is 1.77. The Kier molecular flexibility index (Phi) is 2.04. The van der Waals surface area contributed by atoms with Gasteiger partial charge in [0.1, 0.15) is 0 Å². The molecule has 1 unspecified atom stereocenters. The van der Waals surface area contributed by atoms with Crippen LogP contribution in [0.2, 0.25) is 0 Å². The summed E-state index contributed by atoms with van der Waals surface area (Å²) in [5.74, 6) is -0.339. The van der Waals surface area contributed by atoms with Gasteiger partial charge in [0.2, 0.25) is 0 Å². The maximum absolute atomic E-state index is 10.8. The van der Waals surface area contributed by atoms with E-state index in [1.807, 2.05) is 0 Å². The summed E-state index contributed by atoms with van der Waals surface area (Å²) in [5.41, 5.74) is 0. The Bertz CT molecular complexity index is 174. The molecule has 0 saturated heterocycles. The van der Waals surface area contributed by atoms with E-state index in [1.54, 1.807) is 12.3 Å². The molecule has 1 heterocycles. The molecule has 0 spiro atoms.